The van der Waals surface area contributed by atoms with Gasteiger partial charge in [0.05, 0.1) is 20.8 Å². The molecule has 1 aromatic heterocycles. The van der Waals surface area contributed by atoms with Gasteiger partial charge in [-0.1, -0.05) is 35.6 Å². The van der Waals surface area contributed by atoms with Crippen LogP contribution < -0.4 is 9.11 Å². The molecule has 0 aliphatic heterocycles. The molecular formula is C23H20FN3O3S2. The van der Waals surface area contributed by atoms with Crippen molar-refractivity contribution in [1.29, 1.82) is 0 Å². The van der Waals surface area contributed by atoms with Crippen molar-refractivity contribution in [2.75, 3.05) is 11.4 Å². The number of aromatic nitrogens is 1. The summed E-state index contributed by atoms with van der Waals surface area (Å²) in [6, 6.07) is 19.1. The summed E-state index contributed by atoms with van der Waals surface area (Å²) in [6.45, 7) is 2.31. The Labute approximate surface area is 188 Å². The number of halogens is 1. The van der Waals surface area contributed by atoms with Gasteiger partial charge in [-0.15, -0.1) is 0 Å². The van der Waals surface area contributed by atoms with Gasteiger partial charge in [0.2, 0.25) is 0 Å². The molecule has 0 unspecified atom stereocenters. The number of hydrogen-bond donors (Lipinski definition) is 0. The minimum Gasteiger partial charge on any atom is -0.314 e. The van der Waals surface area contributed by atoms with E-state index in [4.69, 9.17) is 0 Å². The Hall–Kier alpha value is -3.30. The maximum absolute atomic E-state index is 14.2. The molecule has 0 aliphatic carbocycles. The average molecular weight is 470 g/mol. The number of nitrogens with zero attached hydrogens (tertiary/aromatic N) is 3. The van der Waals surface area contributed by atoms with Crippen LogP contribution in [0.5, 0.6) is 0 Å². The molecule has 0 N–H and O–H groups in total. The van der Waals surface area contributed by atoms with E-state index in [1.54, 1.807) is 47.0 Å². The summed E-state index contributed by atoms with van der Waals surface area (Å²) < 4.78 is 43.6. The lowest BCUT2D eigenvalue weighted by molar-refractivity contribution is 0.0997. The number of rotatable bonds is 5. The molecule has 9 heteroatoms. The first-order valence-corrected chi connectivity index (χ1v) is 12.1. The molecule has 4 rings (SSSR count). The quantitative estimate of drug-likeness (QED) is 0.434. The Balaban J connectivity index is 1.66. The summed E-state index contributed by atoms with van der Waals surface area (Å²) in [5.74, 6) is -0.897. The Morgan fingerprint density at radius 2 is 1.72 bits per heavy atom. The highest BCUT2D eigenvalue weighted by Crippen LogP contribution is 2.23. The number of fused-ring (bicyclic) bond motifs is 1. The molecule has 3 aromatic carbocycles. The smallest absolute Gasteiger partial charge is 0.279 e. The molecule has 0 atom stereocenters. The van der Waals surface area contributed by atoms with Crippen LogP contribution in [0.4, 0.5) is 10.1 Å². The van der Waals surface area contributed by atoms with Crippen molar-refractivity contribution < 1.29 is 17.6 Å². The molecule has 0 bridgehead atoms. The lowest BCUT2D eigenvalue weighted by atomic mass is 10.2. The van der Waals surface area contributed by atoms with Crippen LogP contribution in [0.1, 0.15) is 17.3 Å². The molecular weight excluding hydrogens is 449 g/mol. The summed E-state index contributed by atoms with van der Waals surface area (Å²) in [5, 5.41) is 0. The topological polar surface area (TPSA) is 71.7 Å². The zero-order chi connectivity index (χ0) is 22.9. The number of sulfonamides is 1. The third kappa shape index (κ3) is 3.96. The molecule has 0 radical (unpaired) electrons. The zero-order valence-electron chi connectivity index (χ0n) is 17.4. The summed E-state index contributed by atoms with van der Waals surface area (Å²) in [5.41, 5.74) is 1.19. The third-order valence-corrected chi connectivity index (χ3v) is 7.89. The van der Waals surface area contributed by atoms with E-state index >= 15 is 0 Å². The van der Waals surface area contributed by atoms with Gasteiger partial charge in [0, 0.05) is 19.2 Å². The van der Waals surface area contributed by atoms with E-state index in [2.05, 4.69) is 4.99 Å². The predicted octanol–water partition coefficient (Wildman–Crippen LogP) is 4.43. The van der Waals surface area contributed by atoms with Crippen molar-refractivity contribution in [2.24, 2.45) is 4.99 Å². The van der Waals surface area contributed by atoms with E-state index in [9.17, 15) is 17.6 Å². The standard InChI is InChI=1S/C23H20FN3O3S2/c1-3-27-21-19(24)10-7-11-20(21)31-23(27)25-22(28)16-12-14-18(15-13-16)32(29,30)26(2)17-8-5-4-6-9-17/h4-15H,3H2,1-2H3. The second kappa shape index (κ2) is 8.68. The van der Waals surface area contributed by atoms with Gasteiger partial charge in [-0.2, -0.15) is 4.99 Å². The van der Waals surface area contributed by atoms with E-state index in [0.717, 1.165) is 0 Å². The molecule has 4 aromatic rings. The largest absolute Gasteiger partial charge is 0.314 e. The number of carbonyl (C=O) groups excluding carboxylic acids is 1. The van der Waals surface area contributed by atoms with Crippen molar-refractivity contribution in [3.05, 3.63) is 89.0 Å². The number of amides is 1. The summed E-state index contributed by atoms with van der Waals surface area (Å²) >= 11 is 1.23. The second-order valence-corrected chi connectivity index (χ2v) is 9.94. The number of carbonyl (C=O) groups is 1. The third-order valence-electron chi connectivity index (χ3n) is 5.04. The van der Waals surface area contributed by atoms with Crippen LogP contribution in [0.15, 0.2) is 82.7 Å². The summed E-state index contributed by atoms with van der Waals surface area (Å²) in [4.78, 5) is 17.4. The van der Waals surface area contributed by atoms with Gasteiger partial charge in [0.25, 0.3) is 15.9 Å². The van der Waals surface area contributed by atoms with Crippen LogP contribution in [0.25, 0.3) is 10.2 Å². The lowest BCUT2D eigenvalue weighted by Crippen LogP contribution is -2.26. The molecule has 0 fully saturated rings. The highest BCUT2D eigenvalue weighted by atomic mass is 32.2. The Kier molecular flexibility index (Phi) is 5.94. The molecule has 0 saturated heterocycles. The van der Waals surface area contributed by atoms with Gasteiger partial charge < -0.3 is 4.57 Å². The van der Waals surface area contributed by atoms with Gasteiger partial charge in [0.1, 0.15) is 5.82 Å². The highest BCUT2D eigenvalue weighted by molar-refractivity contribution is 7.92. The van der Waals surface area contributed by atoms with Gasteiger partial charge in [-0.05, 0) is 55.5 Å². The minimum atomic E-state index is -3.78. The fourth-order valence-electron chi connectivity index (χ4n) is 3.32. The van der Waals surface area contributed by atoms with Gasteiger partial charge in [0.15, 0.2) is 4.80 Å². The molecule has 1 heterocycles. The van der Waals surface area contributed by atoms with Gasteiger partial charge >= 0.3 is 0 Å². The fraction of sp³-hybridized carbons (Fsp3) is 0.130. The first-order valence-electron chi connectivity index (χ1n) is 9.84. The van der Waals surface area contributed by atoms with Crippen LogP contribution in [0, 0.1) is 5.82 Å². The van der Waals surface area contributed by atoms with Gasteiger partial charge in [-0.3, -0.25) is 9.10 Å². The first kappa shape index (κ1) is 21.9. The highest BCUT2D eigenvalue weighted by Gasteiger charge is 2.21. The Bertz CT molecular complexity index is 1460. The zero-order valence-corrected chi connectivity index (χ0v) is 19.0. The SMILES string of the molecule is CCn1c(=NC(=O)c2ccc(S(=O)(=O)N(C)c3ccccc3)cc2)sc2cccc(F)c21. The maximum atomic E-state index is 14.2. The van der Waals surface area contributed by atoms with E-state index in [1.165, 1.54) is 53.0 Å². The van der Waals surface area contributed by atoms with Crippen LogP contribution in [-0.2, 0) is 16.6 Å². The molecule has 0 saturated carbocycles. The van der Waals surface area contributed by atoms with Crippen molar-refractivity contribution >= 4 is 43.2 Å². The molecule has 1 amide bonds. The number of aryl methyl sites for hydroxylation is 1. The number of thiazole rings is 1. The average Bonchev–Trinajstić information content (AvgIpc) is 3.17. The van der Waals surface area contributed by atoms with E-state index < -0.39 is 15.9 Å². The van der Waals surface area contributed by atoms with E-state index in [-0.39, 0.29) is 16.3 Å². The number of para-hydroxylation sites is 2. The molecule has 0 aliphatic rings. The molecule has 6 nitrogen and oxygen atoms in total. The van der Waals surface area contributed by atoms with Gasteiger partial charge in [-0.25, -0.2) is 12.8 Å². The maximum Gasteiger partial charge on any atom is 0.279 e. The van der Waals surface area contributed by atoms with Crippen molar-refractivity contribution in [3.63, 3.8) is 0 Å². The van der Waals surface area contributed by atoms with E-state index in [0.29, 0.717) is 27.3 Å². The van der Waals surface area contributed by atoms with Crippen molar-refractivity contribution in [3.8, 4) is 0 Å². The van der Waals surface area contributed by atoms with Crippen LogP contribution in [0.3, 0.4) is 0 Å². The molecule has 0 spiro atoms. The molecule has 164 valence electrons. The normalized spacial score (nSPS) is 12.3. The lowest BCUT2D eigenvalue weighted by Gasteiger charge is -2.19. The Morgan fingerprint density at radius 1 is 1.03 bits per heavy atom. The van der Waals surface area contributed by atoms with Crippen molar-refractivity contribution in [2.45, 2.75) is 18.4 Å². The summed E-state index contributed by atoms with van der Waals surface area (Å²) in [6.07, 6.45) is 0. The number of anilines is 1. The minimum absolute atomic E-state index is 0.0629. The fourth-order valence-corrected chi connectivity index (χ4v) is 5.62. The van der Waals surface area contributed by atoms with Crippen LogP contribution in [-0.4, -0.2) is 25.9 Å². The molecule has 32 heavy (non-hydrogen) atoms. The van der Waals surface area contributed by atoms with Crippen molar-refractivity contribution in [1.82, 2.24) is 4.57 Å². The second-order valence-electron chi connectivity index (χ2n) is 6.96. The first-order chi connectivity index (χ1) is 15.3. The Morgan fingerprint density at radius 3 is 2.38 bits per heavy atom. The monoisotopic (exact) mass is 469 g/mol. The van der Waals surface area contributed by atoms with E-state index in [1.807, 2.05) is 6.92 Å². The number of hydrogen-bond acceptors (Lipinski definition) is 4. The predicted molar refractivity (Wildman–Crippen MR) is 124 cm³/mol. The summed E-state index contributed by atoms with van der Waals surface area (Å²) in [7, 11) is -2.30. The van der Waals surface area contributed by atoms with Crippen LogP contribution in [0.2, 0.25) is 0 Å². The van der Waals surface area contributed by atoms with Crippen LogP contribution >= 0.6 is 11.3 Å². The number of benzene rings is 3.